The summed E-state index contributed by atoms with van der Waals surface area (Å²) in [6.45, 7) is 8.69. The van der Waals surface area contributed by atoms with Gasteiger partial charge in [0.1, 0.15) is 0 Å². The zero-order valence-corrected chi connectivity index (χ0v) is 10.8. The van der Waals surface area contributed by atoms with Crippen molar-refractivity contribution in [3.63, 3.8) is 0 Å². The summed E-state index contributed by atoms with van der Waals surface area (Å²) >= 11 is 0. The number of carbonyl (C=O) groups excluding carboxylic acids is 1. The highest BCUT2D eigenvalue weighted by atomic mass is 16.5. The number of hydrogen-bond acceptors (Lipinski definition) is 3. The Balaban J connectivity index is 2.30. The molecule has 0 saturated carbocycles. The highest BCUT2D eigenvalue weighted by Gasteiger charge is 2.37. The van der Waals surface area contributed by atoms with Gasteiger partial charge in [0, 0.05) is 13.1 Å². The topological polar surface area (TPSA) is 50.4 Å². The largest absolute Gasteiger partial charge is 0.502 e. The van der Waals surface area contributed by atoms with Gasteiger partial charge in [0.2, 0.25) is 5.91 Å². The molecule has 1 fully saturated rings. The summed E-state index contributed by atoms with van der Waals surface area (Å²) in [7, 11) is 0. The van der Waals surface area contributed by atoms with Crippen molar-refractivity contribution < 1.29 is 9.53 Å². The normalized spacial score (nSPS) is 24.1. The zero-order valence-electron chi connectivity index (χ0n) is 10.8. The lowest BCUT2D eigenvalue weighted by Gasteiger charge is -2.35. The van der Waals surface area contributed by atoms with Gasteiger partial charge in [-0.2, -0.15) is 0 Å². The van der Waals surface area contributed by atoms with Crippen molar-refractivity contribution in [3.8, 4) is 0 Å². The van der Waals surface area contributed by atoms with Gasteiger partial charge in [-0.25, -0.2) is 0 Å². The zero-order chi connectivity index (χ0) is 12.6. The number of piperidine rings is 1. The molecule has 1 heterocycles. The molecule has 1 aliphatic heterocycles. The van der Waals surface area contributed by atoms with Crippen LogP contribution in [-0.2, 0) is 9.53 Å². The second-order valence-corrected chi connectivity index (χ2v) is 4.56. The lowest BCUT2D eigenvalue weighted by molar-refractivity contribution is -0.132. The van der Waals surface area contributed by atoms with E-state index < -0.39 is 0 Å². The predicted octanol–water partition coefficient (Wildman–Crippen LogP) is 1.43. The molecule has 1 saturated heterocycles. The summed E-state index contributed by atoms with van der Waals surface area (Å²) in [6, 6.07) is 0. The minimum atomic E-state index is -0.197. The van der Waals surface area contributed by atoms with Crippen LogP contribution in [0.2, 0.25) is 0 Å². The Morgan fingerprint density at radius 2 is 2.47 bits per heavy atom. The number of nitrogens with one attached hydrogen (secondary N) is 2. The molecule has 98 valence electrons. The first-order chi connectivity index (χ1) is 8.25. The third kappa shape index (κ3) is 4.04. The lowest BCUT2D eigenvalue weighted by Crippen LogP contribution is -2.50. The summed E-state index contributed by atoms with van der Waals surface area (Å²) in [4.78, 5) is 12.2. The third-order valence-electron chi connectivity index (χ3n) is 3.47. The molecule has 17 heavy (non-hydrogen) atoms. The van der Waals surface area contributed by atoms with Crippen LogP contribution >= 0.6 is 0 Å². The molecule has 0 aliphatic carbocycles. The third-order valence-corrected chi connectivity index (χ3v) is 3.47. The lowest BCUT2D eigenvalue weighted by atomic mass is 9.77. The van der Waals surface area contributed by atoms with Crippen LogP contribution < -0.4 is 10.6 Å². The van der Waals surface area contributed by atoms with E-state index in [-0.39, 0.29) is 11.3 Å². The van der Waals surface area contributed by atoms with Crippen LogP contribution in [0, 0.1) is 5.41 Å². The van der Waals surface area contributed by atoms with Gasteiger partial charge in [-0.3, -0.25) is 4.79 Å². The summed E-state index contributed by atoms with van der Waals surface area (Å²) in [5.74, 6) is 0.186. The molecule has 1 amide bonds. The minimum Gasteiger partial charge on any atom is -0.502 e. The van der Waals surface area contributed by atoms with Crippen molar-refractivity contribution in [3.05, 3.63) is 12.8 Å². The molecule has 0 spiro atoms. The maximum absolute atomic E-state index is 12.2. The van der Waals surface area contributed by atoms with Crippen LogP contribution in [0.4, 0.5) is 0 Å². The molecule has 0 aromatic heterocycles. The molecule has 1 atom stereocenters. The summed E-state index contributed by atoms with van der Waals surface area (Å²) in [5.41, 5.74) is -0.197. The van der Waals surface area contributed by atoms with Gasteiger partial charge in [-0.1, -0.05) is 13.5 Å². The molecule has 1 aliphatic rings. The Hall–Kier alpha value is -1.03. The van der Waals surface area contributed by atoms with E-state index in [0.29, 0.717) is 13.2 Å². The number of ether oxygens (including phenoxy) is 1. The van der Waals surface area contributed by atoms with Crippen molar-refractivity contribution >= 4 is 5.91 Å². The van der Waals surface area contributed by atoms with Gasteiger partial charge in [-0.15, -0.1) is 0 Å². The Morgan fingerprint density at radius 1 is 1.65 bits per heavy atom. The van der Waals surface area contributed by atoms with Crippen LogP contribution in [0.15, 0.2) is 12.8 Å². The second kappa shape index (κ2) is 7.33. The molecule has 4 nitrogen and oxygen atoms in total. The first-order valence-corrected chi connectivity index (χ1v) is 6.47. The van der Waals surface area contributed by atoms with E-state index in [1.165, 1.54) is 6.26 Å². The van der Waals surface area contributed by atoms with Crippen molar-refractivity contribution in [2.24, 2.45) is 5.41 Å². The number of hydrogen-bond donors (Lipinski definition) is 2. The van der Waals surface area contributed by atoms with E-state index in [9.17, 15) is 4.79 Å². The minimum absolute atomic E-state index is 0.186. The van der Waals surface area contributed by atoms with Gasteiger partial charge in [0.15, 0.2) is 0 Å². The standard InChI is InChI=1S/C13H24N2O2/c1-3-13(7-5-8-14-11-13)12(16)15-9-6-10-17-4-2/h4,14H,2-3,5-11H2,1H3,(H,15,16). The Bertz CT molecular complexity index is 248. The average Bonchev–Trinajstić information content (AvgIpc) is 2.39. The molecule has 0 aromatic carbocycles. The number of carbonyl (C=O) groups is 1. The summed E-state index contributed by atoms with van der Waals surface area (Å²) in [6.07, 6.45) is 5.23. The fourth-order valence-electron chi connectivity index (χ4n) is 2.25. The molecular formula is C13H24N2O2. The molecule has 0 radical (unpaired) electrons. The van der Waals surface area contributed by atoms with E-state index in [1.807, 2.05) is 0 Å². The Morgan fingerprint density at radius 3 is 3.06 bits per heavy atom. The van der Waals surface area contributed by atoms with Crippen LogP contribution in [0.5, 0.6) is 0 Å². The van der Waals surface area contributed by atoms with Crippen LogP contribution in [0.25, 0.3) is 0 Å². The van der Waals surface area contributed by atoms with E-state index in [0.717, 1.165) is 38.8 Å². The second-order valence-electron chi connectivity index (χ2n) is 4.56. The molecule has 0 aromatic rings. The summed E-state index contributed by atoms with van der Waals surface area (Å²) in [5, 5.41) is 6.33. The molecule has 4 heteroatoms. The predicted molar refractivity (Wildman–Crippen MR) is 68.6 cm³/mol. The number of amides is 1. The van der Waals surface area contributed by atoms with E-state index in [1.54, 1.807) is 0 Å². The van der Waals surface area contributed by atoms with Crippen molar-refractivity contribution in [1.82, 2.24) is 10.6 Å². The highest BCUT2D eigenvalue weighted by molar-refractivity contribution is 5.82. The van der Waals surface area contributed by atoms with E-state index >= 15 is 0 Å². The maximum atomic E-state index is 12.2. The van der Waals surface area contributed by atoms with Crippen LogP contribution in [0.1, 0.15) is 32.6 Å². The van der Waals surface area contributed by atoms with E-state index in [4.69, 9.17) is 4.74 Å². The van der Waals surface area contributed by atoms with Crippen molar-refractivity contribution in [2.45, 2.75) is 32.6 Å². The molecule has 1 unspecified atom stereocenters. The van der Waals surface area contributed by atoms with Crippen LogP contribution in [-0.4, -0.2) is 32.1 Å². The molecule has 1 rings (SSSR count). The van der Waals surface area contributed by atoms with Gasteiger partial charge >= 0.3 is 0 Å². The van der Waals surface area contributed by atoms with E-state index in [2.05, 4.69) is 24.1 Å². The fourth-order valence-corrected chi connectivity index (χ4v) is 2.25. The number of rotatable bonds is 7. The average molecular weight is 240 g/mol. The van der Waals surface area contributed by atoms with Crippen molar-refractivity contribution in [2.75, 3.05) is 26.2 Å². The quantitative estimate of drug-likeness (QED) is 0.523. The summed E-state index contributed by atoms with van der Waals surface area (Å²) < 4.78 is 5.01. The van der Waals surface area contributed by atoms with Gasteiger partial charge in [-0.05, 0) is 32.2 Å². The SMILES string of the molecule is C=COCCCNC(=O)C1(CC)CCCNC1. The molecule has 2 N–H and O–H groups in total. The van der Waals surface area contributed by atoms with Gasteiger partial charge in [0.05, 0.1) is 18.3 Å². The Labute approximate surface area is 104 Å². The van der Waals surface area contributed by atoms with Crippen molar-refractivity contribution in [1.29, 1.82) is 0 Å². The van der Waals surface area contributed by atoms with Gasteiger partial charge < -0.3 is 15.4 Å². The monoisotopic (exact) mass is 240 g/mol. The maximum Gasteiger partial charge on any atom is 0.227 e. The Kier molecular flexibility index (Phi) is 6.05. The molecular weight excluding hydrogens is 216 g/mol. The molecule has 0 bridgehead atoms. The van der Waals surface area contributed by atoms with Gasteiger partial charge in [0.25, 0.3) is 0 Å². The first kappa shape index (κ1) is 14.0. The fraction of sp³-hybridized carbons (Fsp3) is 0.769. The highest BCUT2D eigenvalue weighted by Crippen LogP contribution is 2.30. The van der Waals surface area contributed by atoms with Crippen LogP contribution in [0.3, 0.4) is 0 Å². The first-order valence-electron chi connectivity index (χ1n) is 6.47. The smallest absolute Gasteiger partial charge is 0.227 e.